The van der Waals surface area contributed by atoms with Crippen molar-refractivity contribution in [3.8, 4) is 0 Å². The maximum atomic E-state index is 12.4. The number of hydrogen-bond acceptors (Lipinski definition) is 5. The third-order valence-corrected chi connectivity index (χ3v) is 5.29. The Kier molecular flexibility index (Phi) is 3.61. The van der Waals surface area contributed by atoms with Gasteiger partial charge in [0.05, 0.1) is 0 Å². The van der Waals surface area contributed by atoms with Gasteiger partial charge in [-0.25, -0.2) is 13.2 Å². The summed E-state index contributed by atoms with van der Waals surface area (Å²) in [5, 5.41) is 0. The molecule has 0 bridgehead atoms. The highest BCUT2D eigenvalue weighted by Crippen LogP contribution is 2.27. The second-order valence-electron chi connectivity index (χ2n) is 4.70. The minimum absolute atomic E-state index is 0.0895. The molecule has 1 aliphatic rings. The summed E-state index contributed by atoms with van der Waals surface area (Å²) in [6.45, 7) is 2.46. The van der Waals surface area contributed by atoms with E-state index in [0.717, 1.165) is 6.20 Å². The summed E-state index contributed by atoms with van der Waals surface area (Å²) in [5.74, 6) is 0.0895. The van der Waals surface area contributed by atoms with Crippen molar-refractivity contribution in [1.82, 2.24) is 14.3 Å². The molecule has 2 heterocycles. The average Bonchev–Trinajstić information content (AvgIpc) is 2.70. The number of aromatic nitrogens is 2. The molecule has 2 unspecified atom stereocenters. The van der Waals surface area contributed by atoms with E-state index in [0.29, 0.717) is 19.5 Å². The minimum atomic E-state index is -3.91. The van der Waals surface area contributed by atoms with Crippen molar-refractivity contribution in [2.45, 2.75) is 24.3 Å². The molecule has 1 saturated heterocycles. The van der Waals surface area contributed by atoms with Gasteiger partial charge >= 0.3 is 5.69 Å². The first kappa shape index (κ1) is 14.0. The van der Waals surface area contributed by atoms with Crippen molar-refractivity contribution in [3.63, 3.8) is 0 Å². The minimum Gasteiger partial charge on any atom is -0.330 e. The van der Waals surface area contributed by atoms with E-state index < -0.39 is 26.2 Å². The number of H-pyrrole nitrogens is 2. The van der Waals surface area contributed by atoms with Crippen LogP contribution in [0.2, 0.25) is 0 Å². The molecule has 106 valence electrons. The largest absolute Gasteiger partial charge is 0.330 e. The third kappa shape index (κ3) is 2.48. The second kappa shape index (κ2) is 4.91. The number of sulfonamides is 1. The Morgan fingerprint density at radius 1 is 1.47 bits per heavy atom. The van der Waals surface area contributed by atoms with Crippen molar-refractivity contribution in [2.24, 2.45) is 11.7 Å². The van der Waals surface area contributed by atoms with E-state index >= 15 is 0 Å². The predicted molar refractivity (Wildman–Crippen MR) is 68.2 cm³/mol. The van der Waals surface area contributed by atoms with E-state index in [1.165, 1.54) is 4.31 Å². The van der Waals surface area contributed by atoms with Gasteiger partial charge in [0.2, 0.25) is 10.0 Å². The molecular formula is C10H16N4O4S. The molecule has 19 heavy (non-hydrogen) atoms. The van der Waals surface area contributed by atoms with Gasteiger partial charge in [-0.05, 0) is 25.8 Å². The molecule has 0 radical (unpaired) electrons. The van der Waals surface area contributed by atoms with Gasteiger partial charge < -0.3 is 10.7 Å². The highest BCUT2D eigenvalue weighted by Gasteiger charge is 2.38. The molecule has 0 aliphatic carbocycles. The quantitative estimate of drug-likeness (QED) is 0.618. The van der Waals surface area contributed by atoms with Crippen LogP contribution in [-0.4, -0.2) is 41.8 Å². The molecular weight excluding hydrogens is 272 g/mol. The van der Waals surface area contributed by atoms with E-state index in [1.54, 1.807) is 6.92 Å². The molecule has 0 saturated carbocycles. The fraction of sp³-hybridized carbons (Fsp3) is 0.600. The summed E-state index contributed by atoms with van der Waals surface area (Å²) >= 11 is 0. The number of hydrogen-bond donors (Lipinski definition) is 3. The van der Waals surface area contributed by atoms with E-state index in [1.807, 2.05) is 4.98 Å². The maximum Gasteiger partial charge on any atom is 0.325 e. The molecule has 4 N–H and O–H groups in total. The van der Waals surface area contributed by atoms with Crippen molar-refractivity contribution >= 4 is 10.0 Å². The van der Waals surface area contributed by atoms with E-state index in [4.69, 9.17) is 5.73 Å². The molecule has 1 aromatic heterocycles. The zero-order valence-corrected chi connectivity index (χ0v) is 11.2. The van der Waals surface area contributed by atoms with Crippen LogP contribution >= 0.6 is 0 Å². The number of rotatable bonds is 3. The molecule has 1 aliphatic heterocycles. The number of nitrogens with zero attached hydrogens (tertiary/aromatic N) is 1. The topological polar surface area (TPSA) is 129 Å². The van der Waals surface area contributed by atoms with Gasteiger partial charge in [0.15, 0.2) is 4.90 Å². The summed E-state index contributed by atoms with van der Waals surface area (Å²) < 4.78 is 26.0. The first-order chi connectivity index (χ1) is 8.86. The number of nitrogens with one attached hydrogen (secondary N) is 2. The van der Waals surface area contributed by atoms with E-state index in [-0.39, 0.29) is 12.0 Å². The summed E-state index contributed by atoms with van der Waals surface area (Å²) in [7, 11) is -3.91. The van der Waals surface area contributed by atoms with Crippen molar-refractivity contribution in [1.29, 1.82) is 0 Å². The highest BCUT2D eigenvalue weighted by molar-refractivity contribution is 7.89. The average molecular weight is 288 g/mol. The van der Waals surface area contributed by atoms with E-state index in [2.05, 4.69) is 4.98 Å². The van der Waals surface area contributed by atoms with Crippen molar-refractivity contribution in [3.05, 3.63) is 27.0 Å². The van der Waals surface area contributed by atoms with Crippen LogP contribution in [-0.2, 0) is 10.0 Å². The van der Waals surface area contributed by atoms with E-state index in [9.17, 15) is 18.0 Å². The summed E-state index contributed by atoms with van der Waals surface area (Å²) in [6, 6.07) is -0.218. The first-order valence-corrected chi connectivity index (χ1v) is 7.34. The lowest BCUT2D eigenvalue weighted by Gasteiger charge is -2.20. The zero-order chi connectivity index (χ0) is 14.2. The molecule has 2 rings (SSSR count). The smallest absolute Gasteiger partial charge is 0.325 e. The van der Waals surface area contributed by atoms with Crippen molar-refractivity contribution < 1.29 is 8.42 Å². The summed E-state index contributed by atoms with van der Waals surface area (Å²) in [4.78, 5) is 26.1. The third-order valence-electron chi connectivity index (χ3n) is 3.31. The Hall–Kier alpha value is -1.45. The van der Waals surface area contributed by atoms with Crippen molar-refractivity contribution in [2.75, 3.05) is 13.1 Å². The molecule has 1 aromatic rings. The second-order valence-corrected chi connectivity index (χ2v) is 6.56. The Bertz CT molecular complexity index is 677. The maximum absolute atomic E-state index is 12.4. The Morgan fingerprint density at radius 2 is 2.16 bits per heavy atom. The van der Waals surface area contributed by atoms with Gasteiger partial charge in [-0.2, -0.15) is 4.31 Å². The molecule has 9 heteroatoms. The van der Waals surface area contributed by atoms with Crippen LogP contribution in [0.5, 0.6) is 0 Å². The molecule has 2 atom stereocenters. The predicted octanol–water partition coefficient (Wildman–Crippen LogP) is -1.58. The van der Waals surface area contributed by atoms with Gasteiger partial charge in [-0.15, -0.1) is 0 Å². The van der Waals surface area contributed by atoms with Gasteiger partial charge in [0.25, 0.3) is 5.56 Å². The standard InChI is InChI=1S/C10H16N4O4S/c1-6-2-7(3-11)5-14(6)19(17,18)8-4-12-10(16)13-9(8)15/h4,6-7H,2-3,5,11H2,1H3,(H2,12,13,15,16). The fourth-order valence-electron chi connectivity index (χ4n) is 2.33. The lowest BCUT2D eigenvalue weighted by atomic mass is 10.1. The van der Waals surface area contributed by atoms with Crippen LogP contribution < -0.4 is 17.0 Å². The molecule has 1 fully saturated rings. The lowest BCUT2D eigenvalue weighted by Crippen LogP contribution is -2.38. The summed E-state index contributed by atoms with van der Waals surface area (Å²) in [5.41, 5.74) is 3.91. The molecule has 0 spiro atoms. The first-order valence-electron chi connectivity index (χ1n) is 5.90. The van der Waals surface area contributed by atoms with Crippen LogP contribution in [0.25, 0.3) is 0 Å². The Labute approximate surface area is 109 Å². The summed E-state index contributed by atoms with van der Waals surface area (Å²) in [6.07, 6.45) is 1.59. The fourth-order valence-corrected chi connectivity index (χ4v) is 4.04. The number of aromatic amines is 2. The van der Waals surface area contributed by atoms with Gasteiger partial charge in [-0.3, -0.25) is 9.78 Å². The van der Waals surface area contributed by atoms with Gasteiger partial charge in [0.1, 0.15) is 0 Å². The highest BCUT2D eigenvalue weighted by atomic mass is 32.2. The zero-order valence-electron chi connectivity index (χ0n) is 10.4. The van der Waals surface area contributed by atoms with Crippen LogP contribution in [0.3, 0.4) is 0 Å². The number of nitrogens with two attached hydrogens (primary N) is 1. The Balaban J connectivity index is 2.43. The van der Waals surface area contributed by atoms with Crippen LogP contribution in [0.4, 0.5) is 0 Å². The monoisotopic (exact) mass is 288 g/mol. The van der Waals surface area contributed by atoms with Crippen LogP contribution in [0, 0.1) is 5.92 Å². The van der Waals surface area contributed by atoms with Gasteiger partial charge in [0, 0.05) is 18.8 Å². The lowest BCUT2D eigenvalue weighted by molar-refractivity contribution is 0.403. The van der Waals surface area contributed by atoms with Crippen LogP contribution in [0.15, 0.2) is 20.7 Å². The van der Waals surface area contributed by atoms with Crippen LogP contribution in [0.1, 0.15) is 13.3 Å². The molecule has 0 amide bonds. The Morgan fingerprint density at radius 3 is 2.68 bits per heavy atom. The van der Waals surface area contributed by atoms with Gasteiger partial charge in [-0.1, -0.05) is 0 Å². The normalized spacial score (nSPS) is 24.7. The SMILES string of the molecule is CC1CC(CN)CN1S(=O)(=O)c1c[nH]c(=O)[nH]c1=O. The molecule has 8 nitrogen and oxygen atoms in total. The molecule has 0 aromatic carbocycles.